The van der Waals surface area contributed by atoms with E-state index in [1.807, 2.05) is 13.8 Å². The first-order chi connectivity index (χ1) is 9.65. The molecule has 106 valence electrons. The molecule has 1 N–H and O–H groups in total. The van der Waals surface area contributed by atoms with Crippen LogP contribution in [0, 0.1) is 0 Å². The van der Waals surface area contributed by atoms with E-state index in [1.165, 1.54) is 0 Å². The van der Waals surface area contributed by atoms with Gasteiger partial charge in [0.1, 0.15) is 5.65 Å². The molecule has 1 fully saturated rings. The summed E-state index contributed by atoms with van der Waals surface area (Å²) in [4.78, 5) is 20.8. The van der Waals surface area contributed by atoms with Gasteiger partial charge in [-0.2, -0.15) is 4.98 Å². The molecule has 2 aromatic heterocycles. The average molecular weight is 274 g/mol. The number of hydrogen-bond acceptors (Lipinski definition) is 5. The third kappa shape index (κ3) is 2.38. The summed E-state index contributed by atoms with van der Waals surface area (Å²) < 4.78 is 7.01. The van der Waals surface area contributed by atoms with Gasteiger partial charge in [-0.05, 0) is 26.3 Å². The number of pyridine rings is 1. The molecule has 0 saturated carbocycles. The van der Waals surface area contributed by atoms with E-state index in [0.717, 1.165) is 18.4 Å². The fraction of sp³-hybridized carbons (Fsp3) is 0.500. The number of nitrogens with zero attached hydrogens (tertiary/aromatic N) is 3. The molecule has 1 aliphatic rings. The van der Waals surface area contributed by atoms with E-state index < -0.39 is 0 Å². The summed E-state index contributed by atoms with van der Waals surface area (Å²) in [5.74, 6) is 0.549. The molecular formula is C14H18N4O2. The lowest BCUT2D eigenvalue weighted by molar-refractivity contribution is 0.195. The summed E-state index contributed by atoms with van der Waals surface area (Å²) >= 11 is 0. The first kappa shape index (κ1) is 13.1. The highest BCUT2D eigenvalue weighted by Crippen LogP contribution is 2.16. The maximum absolute atomic E-state index is 12.0. The highest BCUT2D eigenvalue weighted by atomic mass is 16.5. The molecule has 0 aromatic carbocycles. The van der Waals surface area contributed by atoms with Crippen LogP contribution in [0.15, 0.2) is 23.1 Å². The minimum absolute atomic E-state index is 0.0404. The van der Waals surface area contributed by atoms with Crippen LogP contribution in [0.5, 0.6) is 0 Å². The Morgan fingerprint density at radius 1 is 1.45 bits per heavy atom. The Kier molecular flexibility index (Phi) is 3.40. The van der Waals surface area contributed by atoms with Gasteiger partial charge in [0.05, 0.1) is 12.6 Å². The maximum atomic E-state index is 12.0. The molecule has 6 nitrogen and oxygen atoms in total. The lowest BCUT2D eigenvalue weighted by Crippen LogP contribution is -2.24. The van der Waals surface area contributed by atoms with Crippen LogP contribution in [-0.2, 0) is 4.74 Å². The number of anilines is 1. The van der Waals surface area contributed by atoms with Crippen LogP contribution in [0.25, 0.3) is 11.0 Å². The van der Waals surface area contributed by atoms with E-state index in [1.54, 1.807) is 22.9 Å². The van der Waals surface area contributed by atoms with Crippen molar-refractivity contribution in [3.63, 3.8) is 0 Å². The number of fused-ring (bicyclic) bond motifs is 1. The second kappa shape index (κ2) is 5.20. The predicted octanol–water partition coefficient (Wildman–Crippen LogP) is 1.57. The van der Waals surface area contributed by atoms with E-state index in [-0.39, 0.29) is 17.6 Å². The van der Waals surface area contributed by atoms with Crippen LogP contribution in [0.3, 0.4) is 0 Å². The number of aromatic nitrogens is 3. The molecule has 20 heavy (non-hydrogen) atoms. The van der Waals surface area contributed by atoms with E-state index >= 15 is 0 Å². The Balaban J connectivity index is 2.04. The Bertz CT molecular complexity index is 674. The summed E-state index contributed by atoms with van der Waals surface area (Å²) in [6.45, 7) is 5.39. The normalized spacial score (nSPS) is 18.9. The molecule has 1 saturated heterocycles. The van der Waals surface area contributed by atoms with Crippen molar-refractivity contribution in [1.82, 2.24) is 14.5 Å². The van der Waals surface area contributed by atoms with Gasteiger partial charge < -0.3 is 10.1 Å². The number of nitrogens with one attached hydrogen (secondary N) is 1. The lowest BCUT2D eigenvalue weighted by atomic mass is 10.2. The van der Waals surface area contributed by atoms with Crippen molar-refractivity contribution in [3.8, 4) is 0 Å². The Morgan fingerprint density at radius 2 is 2.30 bits per heavy atom. The van der Waals surface area contributed by atoms with Gasteiger partial charge >= 0.3 is 0 Å². The maximum Gasteiger partial charge on any atom is 0.252 e. The van der Waals surface area contributed by atoms with Gasteiger partial charge in [0, 0.05) is 30.3 Å². The molecule has 3 heterocycles. The fourth-order valence-electron chi connectivity index (χ4n) is 2.44. The minimum atomic E-state index is -0.0404. The fourth-order valence-corrected chi connectivity index (χ4v) is 2.44. The number of hydrogen-bond donors (Lipinski definition) is 1. The van der Waals surface area contributed by atoms with E-state index in [0.29, 0.717) is 18.2 Å². The van der Waals surface area contributed by atoms with Gasteiger partial charge in [-0.1, -0.05) is 0 Å². The van der Waals surface area contributed by atoms with Crippen molar-refractivity contribution in [1.29, 1.82) is 0 Å². The predicted molar refractivity (Wildman–Crippen MR) is 77.0 cm³/mol. The van der Waals surface area contributed by atoms with Crippen molar-refractivity contribution in [2.45, 2.75) is 32.4 Å². The van der Waals surface area contributed by atoms with E-state index in [4.69, 9.17) is 4.74 Å². The average Bonchev–Trinajstić information content (AvgIpc) is 2.90. The molecule has 0 aliphatic carbocycles. The molecule has 1 aliphatic heterocycles. The van der Waals surface area contributed by atoms with Gasteiger partial charge in [-0.15, -0.1) is 0 Å². The van der Waals surface area contributed by atoms with E-state index in [9.17, 15) is 4.79 Å². The molecule has 0 amide bonds. The molecule has 0 bridgehead atoms. The highest BCUT2D eigenvalue weighted by molar-refractivity contribution is 5.75. The molecule has 1 unspecified atom stereocenters. The number of rotatable bonds is 3. The molecule has 6 heteroatoms. The standard InChI is InChI=1S/C14H18N4O2/c1-9(2)18-12(19)4-3-10-7-15-14(17-13(10)18)16-11-5-6-20-8-11/h3-4,7,9,11H,5-6,8H2,1-2H3,(H,15,16,17). The van der Waals surface area contributed by atoms with Crippen molar-refractivity contribution < 1.29 is 4.74 Å². The topological polar surface area (TPSA) is 69.0 Å². The van der Waals surface area contributed by atoms with Crippen LogP contribution < -0.4 is 10.9 Å². The second-order valence-corrected chi connectivity index (χ2v) is 5.31. The quantitative estimate of drug-likeness (QED) is 0.920. The van der Waals surface area contributed by atoms with Gasteiger partial charge in [0.25, 0.3) is 5.56 Å². The van der Waals surface area contributed by atoms with Crippen molar-refractivity contribution in [3.05, 3.63) is 28.7 Å². The molecule has 0 spiro atoms. The first-order valence-electron chi connectivity index (χ1n) is 6.88. The van der Waals surface area contributed by atoms with Gasteiger partial charge in [0.15, 0.2) is 0 Å². The van der Waals surface area contributed by atoms with Crippen molar-refractivity contribution in [2.75, 3.05) is 18.5 Å². The zero-order chi connectivity index (χ0) is 14.1. The second-order valence-electron chi connectivity index (χ2n) is 5.31. The molecule has 0 radical (unpaired) electrons. The zero-order valence-corrected chi connectivity index (χ0v) is 11.7. The molecule has 2 aromatic rings. The van der Waals surface area contributed by atoms with Crippen molar-refractivity contribution >= 4 is 17.0 Å². The smallest absolute Gasteiger partial charge is 0.252 e. The van der Waals surface area contributed by atoms with Gasteiger partial charge in [-0.3, -0.25) is 9.36 Å². The summed E-state index contributed by atoms with van der Waals surface area (Å²) in [5, 5.41) is 4.12. The zero-order valence-electron chi connectivity index (χ0n) is 11.7. The lowest BCUT2D eigenvalue weighted by Gasteiger charge is -2.15. The molecule has 1 atom stereocenters. The summed E-state index contributed by atoms with van der Waals surface area (Å²) in [6, 6.07) is 3.63. The summed E-state index contributed by atoms with van der Waals surface area (Å²) in [7, 11) is 0. The van der Waals surface area contributed by atoms with Crippen LogP contribution >= 0.6 is 0 Å². The first-order valence-corrected chi connectivity index (χ1v) is 6.88. The Hall–Kier alpha value is -1.95. The largest absolute Gasteiger partial charge is 0.379 e. The Labute approximate surface area is 116 Å². The minimum Gasteiger partial charge on any atom is -0.379 e. The molecule has 3 rings (SSSR count). The van der Waals surface area contributed by atoms with E-state index in [2.05, 4.69) is 15.3 Å². The third-order valence-electron chi connectivity index (χ3n) is 3.45. The van der Waals surface area contributed by atoms with Crippen LogP contribution in [0.2, 0.25) is 0 Å². The summed E-state index contributed by atoms with van der Waals surface area (Å²) in [6.07, 6.45) is 2.70. The van der Waals surface area contributed by atoms with Gasteiger partial charge in [0.2, 0.25) is 5.95 Å². The van der Waals surface area contributed by atoms with Crippen LogP contribution in [-0.4, -0.2) is 33.8 Å². The highest BCUT2D eigenvalue weighted by Gasteiger charge is 2.17. The van der Waals surface area contributed by atoms with Crippen molar-refractivity contribution in [2.24, 2.45) is 0 Å². The van der Waals surface area contributed by atoms with Crippen LogP contribution in [0.4, 0.5) is 5.95 Å². The molecular weight excluding hydrogens is 256 g/mol. The Morgan fingerprint density at radius 3 is 3.00 bits per heavy atom. The SMILES string of the molecule is CC(C)n1c(=O)ccc2cnc(NC3CCOC3)nc21. The van der Waals surface area contributed by atoms with Gasteiger partial charge in [-0.25, -0.2) is 4.98 Å². The van der Waals surface area contributed by atoms with Crippen LogP contribution in [0.1, 0.15) is 26.3 Å². The summed E-state index contributed by atoms with van der Waals surface area (Å²) in [5.41, 5.74) is 0.630. The monoisotopic (exact) mass is 274 g/mol. The third-order valence-corrected chi connectivity index (χ3v) is 3.45. The number of ether oxygens (including phenoxy) is 1.